The number of nitro benzene ring substituents is 1. The molecule has 0 aliphatic rings. The van der Waals surface area contributed by atoms with Crippen molar-refractivity contribution in [2.24, 2.45) is 0 Å². The zero-order valence-electron chi connectivity index (χ0n) is 11.1. The number of likely N-dealkylation sites (N-methyl/N-ethyl adjacent to an activating group) is 1. The number of hydrogen-bond acceptors (Lipinski definition) is 4. The van der Waals surface area contributed by atoms with Crippen LogP contribution in [0.1, 0.15) is 13.3 Å². The zero-order chi connectivity index (χ0) is 15.3. The number of hydrogen-bond donors (Lipinski definition) is 2. The molecule has 108 valence electrons. The summed E-state index contributed by atoms with van der Waals surface area (Å²) in [7, 11) is 1.38. The van der Waals surface area contributed by atoms with Crippen LogP contribution in [0.2, 0.25) is 0 Å². The topological polar surface area (TPSA) is 113 Å². The van der Waals surface area contributed by atoms with E-state index in [1.54, 1.807) is 6.92 Å². The van der Waals surface area contributed by atoms with Gasteiger partial charge in [0, 0.05) is 24.9 Å². The first-order valence-electron chi connectivity index (χ1n) is 5.88. The Balaban J connectivity index is 2.74. The molecular formula is C12H15N3O5. The fraction of sp³-hybridized carbons (Fsp3) is 0.333. The third-order valence-electron chi connectivity index (χ3n) is 2.79. The molecule has 1 aromatic carbocycles. The van der Waals surface area contributed by atoms with E-state index in [4.69, 9.17) is 5.11 Å². The molecule has 0 saturated heterocycles. The SMILES string of the molecule is CCC(C(=O)O)N(C)C(=O)Nc1ccc([N+](=O)[O-])cc1. The lowest BCUT2D eigenvalue weighted by molar-refractivity contribution is -0.384. The lowest BCUT2D eigenvalue weighted by atomic mass is 10.2. The van der Waals surface area contributed by atoms with Crippen LogP contribution in [0.15, 0.2) is 24.3 Å². The van der Waals surface area contributed by atoms with Gasteiger partial charge in [-0.2, -0.15) is 0 Å². The Labute approximate surface area is 115 Å². The molecule has 0 heterocycles. The number of rotatable bonds is 5. The summed E-state index contributed by atoms with van der Waals surface area (Å²) in [5.41, 5.74) is 0.265. The van der Waals surface area contributed by atoms with Crippen molar-refractivity contribution in [1.29, 1.82) is 0 Å². The molecule has 2 N–H and O–H groups in total. The standard InChI is InChI=1S/C12H15N3O5/c1-3-10(11(16)17)14(2)12(18)13-8-4-6-9(7-5-8)15(19)20/h4-7,10H,3H2,1-2H3,(H,13,18)(H,16,17). The zero-order valence-corrected chi connectivity index (χ0v) is 11.1. The molecule has 8 heteroatoms. The summed E-state index contributed by atoms with van der Waals surface area (Å²) in [5.74, 6) is -1.09. The van der Waals surface area contributed by atoms with Gasteiger partial charge in [0.25, 0.3) is 5.69 Å². The number of carboxylic acids is 1. The minimum atomic E-state index is -1.09. The number of carbonyl (C=O) groups excluding carboxylic acids is 1. The average Bonchev–Trinajstić information content (AvgIpc) is 2.39. The first-order valence-corrected chi connectivity index (χ1v) is 5.88. The molecule has 20 heavy (non-hydrogen) atoms. The molecule has 1 aromatic rings. The van der Waals surface area contributed by atoms with Crippen LogP contribution in [-0.4, -0.2) is 40.0 Å². The third-order valence-corrected chi connectivity index (χ3v) is 2.79. The van der Waals surface area contributed by atoms with Gasteiger partial charge in [0.1, 0.15) is 6.04 Å². The predicted octanol–water partition coefficient (Wildman–Crippen LogP) is 1.92. The van der Waals surface area contributed by atoms with E-state index in [0.717, 1.165) is 4.90 Å². The maximum absolute atomic E-state index is 11.9. The Kier molecular flexibility index (Phi) is 5.01. The van der Waals surface area contributed by atoms with Gasteiger partial charge in [-0.25, -0.2) is 9.59 Å². The number of nitrogens with one attached hydrogen (secondary N) is 1. The number of carboxylic acid groups (broad SMARTS) is 1. The summed E-state index contributed by atoms with van der Waals surface area (Å²) < 4.78 is 0. The summed E-state index contributed by atoms with van der Waals surface area (Å²) in [6.45, 7) is 1.66. The number of non-ortho nitro benzene ring substituents is 1. The summed E-state index contributed by atoms with van der Waals surface area (Å²) in [5, 5.41) is 21.9. The van der Waals surface area contributed by atoms with Gasteiger partial charge >= 0.3 is 12.0 Å². The highest BCUT2D eigenvalue weighted by molar-refractivity contribution is 5.92. The molecule has 0 saturated carbocycles. The minimum Gasteiger partial charge on any atom is -0.480 e. The van der Waals surface area contributed by atoms with Crippen molar-refractivity contribution in [2.45, 2.75) is 19.4 Å². The number of nitrogens with zero attached hydrogens (tertiary/aromatic N) is 2. The fourth-order valence-electron chi connectivity index (χ4n) is 1.63. The maximum atomic E-state index is 11.9. The molecule has 0 aliphatic carbocycles. The highest BCUT2D eigenvalue weighted by atomic mass is 16.6. The van der Waals surface area contributed by atoms with Crippen LogP contribution < -0.4 is 5.32 Å². The molecule has 8 nitrogen and oxygen atoms in total. The van der Waals surface area contributed by atoms with Crippen LogP contribution in [-0.2, 0) is 4.79 Å². The second-order valence-corrected chi connectivity index (χ2v) is 4.11. The second kappa shape index (κ2) is 6.50. The first kappa shape index (κ1) is 15.4. The number of carbonyl (C=O) groups is 2. The quantitative estimate of drug-likeness (QED) is 0.632. The lowest BCUT2D eigenvalue weighted by Gasteiger charge is -2.23. The minimum absolute atomic E-state index is 0.0895. The Morgan fingerprint density at radius 1 is 1.40 bits per heavy atom. The molecule has 0 spiro atoms. The van der Waals surface area contributed by atoms with E-state index < -0.39 is 23.0 Å². The van der Waals surface area contributed by atoms with Crippen molar-refractivity contribution in [3.63, 3.8) is 0 Å². The number of amides is 2. The summed E-state index contributed by atoms with van der Waals surface area (Å²) in [6, 6.07) is 3.76. The molecule has 2 amide bonds. The maximum Gasteiger partial charge on any atom is 0.326 e. The third kappa shape index (κ3) is 3.67. The van der Waals surface area contributed by atoms with Crippen molar-refractivity contribution in [2.75, 3.05) is 12.4 Å². The van der Waals surface area contributed by atoms with Gasteiger partial charge in [-0.3, -0.25) is 10.1 Å². The lowest BCUT2D eigenvalue weighted by Crippen LogP contribution is -2.44. The predicted molar refractivity (Wildman–Crippen MR) is 71.6 cm³/mol. The van der Waals surface area contributed by atoms with Gasteiger partial charge in [-0.15, -0.1) is 0 Å². The van der Waals surface area contributed by atoms with Gasteiger partial charge < -0.3 is 15.3 Å². The van der Waals surface area contributed by atoms with E-state index in [1.807, 2.05) is 0 Å². The van der Waals surface area contributed by atoms with Crippen molar-refractivity contribution in [1.82, 2.24) is 4.90 Å². The van der Waals surface area contributed by atoms with Gasteiger partial charge in [0.05, 0.1) is 4.92 Å². The normalized spacial score (nSPS) is 11.5. The molecule has 0 fully saturated rings. The van der Waals surface area contributed by atoms with Crippen LogP contribution in [0.5, 0.6) is 0 Å². The first-order chi connectivity index (χ1) is 9.36. The Hall–Kier alpha value is -2.64. The number of benzene rings is 1. The van der Waals surface area contributed by atoms with Crippen LogP contribution in [0.4, 0.5) is 16.2 Å². The van der Waals surface area contributed by atoms with E-state index in [0.29, 0.717) is 5.69 Å². The van der Waals surface area contributed by atoms with E-state index in [9.17, 15) is 19.7 Å². The summed E-state index contributed by atoms with van der Waals surface area (Å²) >= 11 is 0. The van der Waals surface area contributed by atoms with E-state index >= 15 is 0 Å². The van der Waals surface area contributed by atoms with Crippen LogP contribution >= 0.6 is 0 Å². The van der Waals surface area contributed by atoms with Gasteiger partial charge in [-0.05, 0) is 18.6 Å². The van der Waals surface area contributed by atoms with Crippen molar-refractivity contribution >= 4 is 23.4 Å². The summed E-state index contributed by atoms with van der Waals surface area (Å²) in [6.07, 6.45) is 0.277. The van der Waals surface area contributed by atoms with Crippen molar-refractivity contribution in [3.8, 4) is 0 Å². The molecule has 1 unspecified atom stereocenters. The van der Waals surface area contributed by atoms with Crippen LogP contribution in [0, 0.1) is 10.1 Å². The summed E-state index contributed by atoms with van der Waals surface area (Å²) in [4.78, 5) is 33.8. The largest absolute Gasteiger partial charge is 0.480 e. The van der Waals surface area contributed by atoms with Crippen LogP contribution in [0.25, 0.3) is 0 Å². The molecule has 1 rings (SSSR count). The Morgan fingerprint density at radius 2 is 1.95 bits per heavy atom. The molecule has 0 bridgehead atoms. The molecule has 0 radical (unpaired) electrons. The molecule has 1 atom stereocenters. The highest BCUT2D eigenvalue weighted by Gasteiger charge is 2.24. The Morgan fingerprint density at radius 3 is 2.35 bits per heavy atom. The number of anilines is 1. The number of nitro groups is 1. The fourth-order valence-corrected chi connectivity index (χ4v) is 1.63. The van der Waals surface area contributed by atoms with E-state index in [1.165, 1.54) is 31.3 Å². The van der Waals surface area contributed by atoms with Gasteiger partial charge in [0.15, 0.2) is 0 Å². The smallest absolute Gasteiger partial charge is 0.326 e. The Bertz CT molecular complexity index is 514. The average molecular weight is 281 g/mol. The monoisotopic (exact) mass is 281 g/mol. The molecule has 0 aliphatic heterocycles. The molecule has 0 aromatic heterocycles. The highest BCUT2D eigenvalue weighted by Crippen LogP contribution is 2.16. The van der Waals surface area contributed by atoms with Gasteiger partial charge in [-0.1, -0.05) is 6.92 Å². The van der Waals surface area contributed by atoms with Crippen molar-refractivity contribution < 1.29 is 19.6 Å². The number of aliphatic carboxylic acids is 1. The second-order valence-electron chi connectivity index (χ2n) is 4.11. The van der Waals surface area contributed by atoms with E-state index in [2.05, 4.69) is 5.32 Å². The molecular weight excluding hydrogens is 266 g/mol. The number of urea groups is 1. The van der Waals surface area contributed by atoms with Crippen molar-refractivity contribution in [3.05, 3.63) is 34.4 Å². The van der Waals surface area contributed by atoms with Gasteiger partial charge in [0.2, 0.25) is 0 Å². The van der Waals surface area contributed by atoms with E-state index in [-0.39, 0.29) is 12.1 Å². The van der Waals surface area contributed by atoms with Crippen LogP contribution in [0.3, 0.4) is 0 Å².